The Labute approximate surface area is 116 Å². The molecule has 0 radical (unpaired) electrons. The molecule has 3 heterocycles. The normalized spacial score (nSPS) is 21.9. The van der Waals surface area contributed by atoms with Crippen molar-refractivity contribution in [1.29, 1.82) is 0 Å². The molecule has 0 bridgehead atoms. The molecule has 3 rings (SSSR count). The zero-order chi connectivity index (χ0) is 13.6. The van der Waals surface area contributed by atoms with Crippen LogP contribution in [0, 0.1) is 6.92 Å². The van der Waals surface area contributed by atoms with Crippen LogP contribution in [0.2, 0.25) is 0 Å². The number of nitrogens with zero attached hydrogens (tertiary/aromatic N) is 2. The minimum absolute atomic E-state index is 0.0658. The summed E-state index contributed by atoms with van der Waals surface area (Å²) < 4.78 is 23.1. The average Bonchev–Trinajstić information content (AvgIpc) is 2.89. The number of sulfone groups is 1. The molecule has 0 saturated carbocycles. The Hall–Kier alpha value is -1.21. The van der Waals surface area contributed by atoms with Crippen molar-refractivity contribution in [3.8, 4) is 0 Å². The van der Waals surface area contributed by atoms with E-state index in [4.69, 9.17) is 0 Å². The van der Waals surface area contributed by atoms with E-state index in [9.17, 15) is 8.42 Å². The molecule has 5 nitrogen and oxygen atoms in total. The van der Waals surface area contributed by atoms with E-state index in [1.165, 1.54) is 4.88 Å². The molecule has 0 amide bonds. The summed E-state index contributed by atoms with van der Waals surface area (Å²) in [7, 11) is -1.08. The van der Waals surface area contributed by atoms with Crippen molar-refractivity contribution >= 4 is 37.2 Å². The van der Waals surface area contributed by atoms with Crippen molar-refractivity contribution in [2.75, 3.05) is 23.9 Å². The highest BCUT2D eigenvalue weighted by atomic mass is 32.2. The molecule has 1 fully saturated rings. The summed E-state index contributed by atoms with van der Waals surface area (Å²) in [6, 6.07) is 2.06. The van der Waals surface area contributed by atoms with Crippen LogP contribution in [0.3, 0.4) is 0 Å². The molecule has 1 saturated heterocycles. The highest BCUT2D eigenvalue weighted by Gasteiger charge is 2.31. The maximum absolute atomic E-state index is 11.6. The predicted molar refractivity (Wildman–Crippen MR) is 77.7 cm³/mol. The fraction of sp³-hybridized carbons (Fsp3) is 0.500. The van der Waals surface area contributed by atoms with E-state index in [2.05, 4.69) is 21.4 Å². The Morgan fingerprint density at radius 3 is 2.84 bits per heavy atom. The maximum atomic E-state index is 11.6. The van der Waals surface area contributed by atoms with Crippen LogP contribution < -0.4 is 5.32 Å². The van der Waals surface area contributed by atoms with E-state index in [0.717, 1.165) is 16.0 Å². The first kappa shape index (κ1) is 12.8. The number of aromatic nitrogens is 2. The monoisotopic (exact) mass is 297 g/mol. The fourth-order valence-corrected chi connectivity index (χ4v) is 5.06. The number of rotatable bonds is 2. The molecule has 1 atom stereocenters. The number of thiophene rings is 1. The summed E-state index contributed by atoms with van der Waals surface area (Å²) in [5.74, 6) is 1.79. The number of hydrogen-bond acceptors (Lipinski definition) is 6. The Kier molecular flexibility index (Phi) is 2.98. The second kappa shape index (κ2) is 4.42. The Balaban J connectivity index is 2.10. The molecule has 7 heteroatoms. The number of aryl methyl sites for hydroxylation is 1. The van der Waals surface area contributed by atoms with Crippen molar-refractivity contribution in [3.05, 3.63) is 16.8 Å². The summed E-state index contributed by atoms with van der Waals surface area (Å²) in [6.45, 7) is 2.03. The van der Waals surface area contributed by atoms with Crippen molar-refractivity contribution < 1.29 is 8.42 Å². The first-order valence-corrected chi connectivity index (χ1v) is 8.78. The van der Waals surface area contributed by atoms with E-state index in [0.29, 0.717) is 12.2 Å². The molecule has 1 unspecified atom stereocenters. The van der Waals surface area contributed by atoms with Crippen LogP contribution in [-0.2, 0) is 9.84 Å². The summed E-state index contributed by atoms with van der Waals surface area (Å²) in [5, 5.41) is 4.08. The van der Waals surface area contributed by atoms with Gasteiger partial charge in [-0.1, -0.05) is 0 Å². The predicted octanol–water partition coefficient (Wildman–Crippen LogP) is 1.94. The van der Waals surface area contributed by atoms with Gasteiger partial charge in [-0.2, -0.15) is 0 Å². The van der Waals surface area contributed by atoms with Gasteiger partial charge in [0.05, 0.1) is 16.9 Å². The van der Waals surface area contributed by atoms with Crippen molar-refractivity contribution in [2.24, 2.45) is 0 Å². The lowest BCUT2D eigenvalue weighted by Gasteiger charge is -2.09. The SMILES string of the molecule is CNc1nc(C2CCS(=O)(=O)C2)nc2sc(C)cc12. The first-order valence-electron chi connectivity index (χ1n) is 6.15. The lowest BCUT2D eigenvalue weighted by Crippen LogP contribution is -2.08. The molecule has 1 aliphatic rings. The highest BCUT2D eigenvalue weighted by Crippen LogP contribution is 2.33. The average molecular weight is 297 g/mol. The van der Waals surface area contributed by atoms with Crippen molar-refractivity contribution in [3.63, 3.8) is 0 Å². The van der Waals surface area contributed by atoms with Gasteiger partial charge in [-0.15, -0.1) is 11.3 Å². The van der Waals surface area contributed by atoms with Gasteiger partial charge in [0, 0.05) is 17.8 Å². The molecule has 2 aromatic rings. The molecule has 102 valence electrons. The van der Waals surface area contributed by atoms with Crippen LogP contribution in [0.15, 0.2) is 6.07 Å². The van der Waals surface area contributed by atoms with Crippen LogP contribution in [0.5, 0.6) is 0 Å². The molecule has 2 aromatic heterocycles. The maximum Gasteiger partial charge on any atom is 0.151 e. The first-order chi connectivity index (χ1) is 8.98. The summed E-state index contributed by atoms with van der Waals surface area (Å²) >= 11 is 1.61. The van der Waals surface area contributed by atoms with Gasteiger partial charge in [0.25, 0.3) is 0 Å². The van der Waals surface area contributed by atoms with E-state index >= 15 is 0 Å². The number of hydrogen-bond donors (Lipinski definition) is 1. The van der Waals surface area contributed by atoms with Crippen LogP contribution in [0.4, 0.5) is 5.82 Å². The zero-order valence-corrected chi connectivity index (χ0v) is 12.4. The number of nitrogens with one attached hydrogen (secondary N) is 1. The van der Waals surface area contributed by atoms with Crippen LogP contribution in [-0.4, -0.2) is 36.9 Å². The summed E-state index contributed by atoms with van der Waals surface area (Å²) in [6.07, 6.45) is 0.626. The lowest BCUT2D eigenvalue weighted by molar-refractivity contribution is 0.601. The van der Waals surface area contributed by atoms with Crippen LogP contribution in [0.25, 0.3) is 10.2 Å². The Morgan fingerprint density at radius 2 is 2.21 bits per heavy atom. The number of fused-ring (bicyclic) bond motifs is 1. The van der Waals surface area contributed by atoms with Gasteiger partial charge in [-0.05, 0) is 19.4 Å². The molecular weight excluding hydrogens is 282 g/mol. The zero-order valence-electron chi connectivity index (χ0n) is 10.8. The highest BCUT2D eigenvalue weighted by molar-refractivity contribution is 7.91. The Bertz CT molecular complexity index is 737. The molecule has 0 aromatic carbocycles. The van der Waals surface area contributed by atoms with E-state index in [-0.39, 0.29) is 17.4 Å². The van der Waals surface area contributed by atoms with Gasteiger partial charge in [0.1, 0.15) is 16.5 Å². The molecule has 0 aliphatic carbocycles. The lowest BCUT2D eigenvalue weighted by atomic mass is 10.1. The van der Waals surface area contributed by atoms with Crippen molar-refractivity contribution in [1.82, 2.24) is 9.97 Å². The smallest absolute Gasteiger partial charge is 0.151 e. The van der Waals surface area contributed by atoms with Gasteiger partial charge in [-0.3, -0.25) is 0 Å². The second-order valence-corrected chi connectivity index (χ2v) is 8.32. The molecule has 19 heavy (non-hydrogen) atoms. The third kappa shape index (κ3) is 2.32. The van der Waals surface area contributed by atoms with Crippen molar-refractivity contribution in [2.45, 2.75) is 19.3 Å². The second-order valence-electron chi connectivity index (χ2n) is 4.86. The van der Waals surface area contributed by atoms with E-state index in [1.807, 2.05) is 14.0 Å². The third-order valence-corrected chi connectivity index (χ3v) is 6.08. The molecular formula is C12H15N3O2S2. The van der Waals surface area contributed by atoms with Gasteiger partial charge in [-0.25, -0.2) is 18.4 Å². The summed E-state index contributed by atoms with van der Waals surface area (Å²) in [4.78, 5) is 11.2. The quantitative estimate of drug-likeness (QED) is 0.917. The third-order valence-electron chi connectivity index (χ3n) is 3.37. The standard InChI is InChI=1S/C12H15N3O2S2/c1-7-5-9-11(13-2)14-10(15-12(9)18-7)8-3-4-19(16,17)6-8/h5,8H,3-4,6H2,1-2H3,(H,13,14,15). The minimum atomic E-state index is -2.91. The number of anilines is 1. The fourth-order valence-electron chi connectivity index (χ4n) is 2.43. The topological polar surface area (TPSA) is 72.0 Å². The molecule has 0 spiro atoms. The van der Waals surface area contributed by atoms with Crippen LogP contribution >= 0.6 is 11.3 Å². The molecule has 1 N–H and O–H groups in total. The van der Waals surface area contributed by atoms with Gasteiger partial charge in [0.15, 0.2) is 9.84 Å². The van der Waals surface area contributed by atoms with Gasteiger partial charge in [0.2, 0.25) is 0 Å². The van der Waals surface area contributed by atoms with E-state index < -0.39 is 9.84 Å². The van der Waals surface area contributed by atoms with Crippen LogP contribution in [0.1, 0.15) is 23.0 Å². The van der Waals surface area contributed by atoms with E-state index in [1.54, 1.807) is 11.3 Å². The largest absolute Gasteiger partial charge is 0.372 e. The minimum Gasteiger partial charge on any atom is -0.372 e. The van der Waals surface area contributed by atoms with Gasteiger partial charge >= 0.3 is 0 Å². The summed E-state index contributed by atoms with van der Waals surface area (Å²) in [5.41, 5.74) is 0. The Morgan fingerprint density at radius 1 is 1.42 bits per heavy atom. The molecule has 1 aliphatic heterocycles. The van der Waals surface area contributed by atoms with Gasteiger partial charge < -0.3 is 5.32 Å².